The molecule has 0 saturated heterocycles. The number of nitrogens with zero attached hydrogens (tertiary/aromatic N) is 2. The van der Waals surface area contributed by atoms with Crippen LogP contribution in [-0.2, 0) is 13.1 Å². The van der Waals surface area contributed by atoms with E-state index < -0.39 is 0 Å². The van der Waals surface area contributed by atoms with Gasteiger partial charge in [-0.2, -0.15) is 5.10 Å². The fraction of sp³-hybridized carbons (Fsp3) is 0.200. The number of nitrogens with one attached hydrogen (secondary N) is 1. The summed E-state index contributed by atoms with van der Waals surface area (Å²) in [5.41, 5.74) is 2.64. The number of rotatable bonds is 5. The average molecular weight is 349 g/mol. The van der Waals surface area contributed by atoms with Crippen molar-refractivity contribution in [2.24, 2.45) is 0 Å². The van der Waals surface area contributed by atoms with Gasteiger partial charge in [0.1, 0.15) is 13.2 Å². The Labute approximate surface area is 151 Å². The van der Waals surface area contributed by atoms with Crippen LogP contribution < -0.4 is 20.3 Å². The minimum atomic E-state index is -0.138. The molecule has 4 rings (SSSR count). The van der Waals surface area contributed by atoms with E-state index in [9.17, 15) is 4.79 Å². The normalized spacial score (nSPS) is 12.6. The third-order valence-electron chi connectivity index (χ3n) is 4.15. The molecule has 1 aromatic heterocycles. The van der Waals surface area contributed by atoms with E-state index in [0.717, 1.165) is 22.6 Å². The second-order valence-electron chi connectivity index (χ2n) is 6.06. The van der Waals surface area contributed by atoms with Crippen molar-refractivity contribution in [3.63, 3.8) is 0 Å². The number of aromatic nitrogens is 2. The molecule has 1 N–H and O–H groups in total. The summed E-state index contributed by atoms with van der Waals surface area (Å²) in [6.07, 6.45) is 1.67. The zero-order valence-electron chi connectivity index (χ0n) is 14.2. The van der Waals surface area contributed by atoms with Crippen LogP contribution in [0.25, 0.3) is 0 Å². The standard InChI is InChI=1S/C20H19N3O3/c24-20-11-17(13-22-23(20)14-15-4-2-1-3-5-15)21-12-16-6-7-18-19(10-16)26-9-8-25-18/h1-7,10-11,13,21H,8-9,12,14H2. The van der Waals surface area contributed by atoms with E-state index in [0.29, 0.717) is 32.0 Å². The summed E-state index contributed by atoms with van der Waals surface area (Å²) in [6.45, 7) is 2.17. The molecule has 6 heteroatoms. The van der Waals surface area contributed by atoms with Crippen LogP contribution in [0.1, 0.15) is 11.1 Å². The fourth-order valence-corrected chi connectivity index (χ4v) is 2.81. The van der Waals surface area contributed by atoms with Crippen LogP contribution in [0.5, 0.6) is 11.5 Å². The van der Waals surface area contributed by atoms with Gasteiger partial charge >= 0.3 is 0 Å². The summed E-state index contributed by atoms with van der Waals surface area (Å²) in [7, 11) is 0. The Morgan fingerprint density at radius 2 is 1.77 bits per heavy atom. The lowest BCUT2D eigenvalue weighted by atomic mass is 10.2. The molecule has 0 fully saturated rings. The van der Waals surface area contributed by atoms with E-state index in [2.05, 4.69) is 10.4 Å². The second-order valence-corrected chi connectivity index (χ2v) is 6.06. The Bertz CT molecular complexity index is 954. The van der Waals surface area contributed by atoms with E-state index >= 15 is 0 Å². The molecule has 0 amide bonds. The number of ether oxygens (including phenoxy) is 2. The van der Waals surface area contributed by atoms with Gasteiger partial charge in [0.15, 0.2) is 11.5 Å². The molecule has 26 heavy (non-hydrogen) atoms. The smallest absolute Gasteiger partial charge is 0.269 e. The van der Waals surface area contributed by atoms with Crippen molar-refractivity contribution in [1.29, 1.82) is 0 Å². The molecule has 0 unspecified atom stereocenters. The van der Waals surface area contributed by atoms with Gasteiger partial charge in [0.05, 0.1) is 18.4 Å². The van der Waals surface area contributed by atoms with Crippen LogP contribution in [0.2, 0.25) is 0 Å². The number of benzene rings is 2. The predicted octanol–water partition coefficient (Wildman–Crippen LogP) is 2.67. The van der Waals surface area contributed by atoms with E-state index in [1.54, 1.807) is 12.3 Å². The minimum Gasteiger partial charge on any atom is -0.486 e. The lowest BCUT2D eigenvalue weighted by molar-refractivity contribution is 0.171. The topological polar surface area (TPSA) is 65.4 Å². The molecule has 132 valence electrons. The summed E-state index contributed by atoms with van der Waals surface area (Å²) in [6, 6.07) is 17.2. The first-order valence-electron chi connectivity index (χ1n) is 8.51. The van der Waals surface area contributed by atoms with Crippen molar-refractivity contribution in [1.82, 2.24) is 9.78 Å². The highest BCUT2D eigenvalue weighted by molar-refractivity contribution is 5.46. The van der Waals surface area contributed by atoms with Gasteiger partial charge in [0.25, 0.3) is 5.56 Å². The quantitative estimate of drug-likeness (QED) is 0.767. The van der Waals surface area contributed by atoms with Crippen LogP contribution in [-0.4, -0.2) is 23.0 Å². The molecule has 0 radical (unpaired) electrons. The summed E-state index contributed by atoms with van der Waals surface area (Å²) in [4.78, 5) is 12.3. The third-order valence-corrected chi connectivity index (χ3v) is 4.15. The maximum Gasteiger partial charge on any atom is 0.269 e. The van der Waals surface area contributed by atoms with Gasteiger partial charge in [-0.05, 0) is 23.3 Å². The molecular weight excluding hydrogens is 330 g/mol. The summed E-state index contributed by atoms with van der Waals surface area (Å²) in [5, 5.41) is 7.48. The summed E-state index contributed by atoms with van der Waals surface area (Å²) < 4.78 is 12.6. The first-order chi connectivity index (χ1) is 12.8. The highest BCUT2D eigenvalue weighted by Crippen LogP contribution is 2.30. The molecule has 1 aliphatic heterocycles. The van der Waals surface area contributed by atoms with Gasteiger partial charge < -0.3 is 14.8 Å². The Hall–Kier alpha value is -3.28. The molecule has 0 bridgehead atoms. The van der Waals surface area contributed by atoms with E-state index in [4.69, 9.17) is 9.47 Å². The molecule has 0 spiro atoms. The maximum absolute atomic E-state index is 12.3. The first-order valence-corrected chi connectivity index (χ1v) is 8.51. The monoisotopic (exact) mass is 349 g/mol. The molecule has 2 aromatic carbocycles. The van der Waals surface area contributed by atoms with Crippen molar-refractivity contribution in [2.75, 3.05) is 18.5 Å². The van der Waals surface area contributed by atoms with Gasteiger partial charge in [-0.25, -0.2) is 4.68 Å². The Morgan fingerprint density at radius 3 is 2.58 bits per heavy atom. The second kappa shape index (κ2) is 7.31. The first kappa shape index (κ1) is 16.2. The van der Waals surface area contributed by atoms with Crippen LogP contribution >= 0.6 is 0 Å². The molecule has 3 aromatic rings. The number of anilines is 1. The SMILES string of the molecule is O=c1cc(NCc2ccc3c(c2)OCCO3)cnn1Cc1ccccc1. The lowest BCUT2D eigenvalue weighted by Crippen LogP contribution is -2.23. The van der Waals surface area contributed by atoms with Crippen LogP contribution in [0.3, 0.4) is 0 Å². The lowest BCUT2D eigenvalue weighted by Gasteiger charge is -2.19. The number of hydrogen-bond donors (Lipinski definition) is 1. The average Bonchev–Trinajstić information content (AvgIpc) is 2.69. The largest absolute Gasteiger partial charge is 0.486 e. The third kappa shape index (κ3) is 3.69. The Balaban J connectivity index is 1.42. The molecule has 0 atom stereocenters. The van der Waals surface area contributed by atoms with E-state index in [1.165, 1.54) is 4.68 Å². The summed E-state index contributed by atoms with van der Waals surface area (Å²) in [5.74, 6) is 1.53. The van der Waals surface area contributed by atoms with E-state index in [1.807, 2.05) is 48.5 Å². The minimum absolute atomic E-state index is 0.138. The predicted molar refractivity (Wildman–Crippen MR) is 98.8 cm³/mol. The van der Waals surface area contributed by atoms with Gasteiger partial charge in [0.2, 0.25) is 0 Å². The van der Waals surface area contributed by atoms with Crippen molar-refractivity contribution in [3.05, 3.63) is 82.3 Å². The van der Waals surface area contributed by atoms with E-state index in [-0.39, 0.29) is 5.56 Å². The van der Waals surface area contributed by atoms with Gasteiger partial charge in [-0.3, -0.25) is 4.79 Å². The molecule has 6 nitrogen and oxygen atoms in total. The molecule has 0 saturated carbocycles. The van der Waals surface area contributed by atoms with Gasteiger partial charge in [0, 0.05) is 12.6 Å². The van der Waals surface area contributed by atoms with Gasteiger partial charge in [-0.15, -0.1) is 0 Å². The molecule has 2 heterocycles. The van der Waals surface area contributed by atoms with Crippen molar-refractivity contribution >= 4 is 5.69 Å². The number of fused-ring (bicyclic) bond motifs is 1. The molecular formula is C20H19N3O3. The van der Waals surface area contributed by atoms with Crippen molar-refractivity contribution in [2.45, 2.75) is 13.1 Å². The highest BCUT2D eigenvalue weighted by atomic mass is 16.6. The van der Waals surface area contributed by atoms with Gasteiger partial charge in [-0.1, -0.05) is 36.4 Å². The Kier molecular flexibility index (Phi) is 4.55. The fourth-order valence-electron chi connectivity index (χ4n) is 2.81. The van der Waals surface area contributed by atoms with Crippen molar-refractivity contribution in [3.8, 4) is 11.5 Å². The molecule has 0 aliphatic carbocycles. The highest BCUT2D eigenvalue weighted by Gasteiger charge is 2.11. The zero-order valence-corrected chi connectivity index (χ0v) is 14.2. The van der Waals surface area contributed by atoms with Crippen LogP contribution in [0.4, 0.5) is 5.69 Å². The zero-order chi connectivity index (χ0) is 17.8. The summed E-state index contributed by atoms with van der Waals surface area (Å²) >= 11 is 0. The Morgan fingerprint density at radius 1 is 0.962 bits per heavy atom. The maximum atomic E-state index is 12.3. The molecule has 1 aliphatic rings. The number of hydrogen-bond acceptors (Lipinski definition) is 5. The van der Waals surface area contributed by atoms with Crippen LogP contribution in [0, 0.1) is 0 Å². The van der Waals surface area contributed by atoms with Crippen LogP contribution in [0.15, 0.2) is 65.6 Å². The van der Waals surface area contributed by atoms with Crippen molar-refractivity contribution < 1.29 is 9.47 Å².